The lowest BCUT2D eigenvalue weighted by atomic mass is 9.79. The quantitative estimate of drug-likeness (QED) is 0.689. The molecule has 0 aromatic carbocycles. The summed E-state index contributed by atoms with van der Waals surface area (Å²) in [5.41, 5.74) is 1.06. The zero-order chi connectivity index (χ0) is 13.6. The first-order valence-electron chi connectivity index (χ1n) is 6.44. The largest absolute Gasteiger partial charge is 0.465 e. The Morgan fingerprint density at radius 1 is 1.68 bits per heavy atom. The number of piperidine rings is 1. The van der Waals surface area contributed by atoms with E-state index in [-0.39, 0.29) is 11.6 Å². The third-order valence-electron chi connectivity index (χ3n) is 4.14. The summed E-state index contributed by atoms with van der Waals surface area (Å²) in [6.45, 7) is 3.29. The summed E-state index contributed by atoms with van der Waals surface area (Å²) in [6.07, 6.45) is 1.70. The number of halogens is 1. The third kappa shape index (κ3) is 2.27. The molecule has 1 fully saturated rings. The van der Waals surface area contributed by atoms with Crippen LogP contribution in [0.5, 0.6) is 0 Å². The zero-order valence-corrected chi connectivity index (χ0v) is 13.7. The molecule has 3 rings (SSSR count). The molecular formula is C13H16INO3S. The van der Waals surface area contributed by atoms with E-state index in [0.717, 1.165) is 25.9 Å². The van der Waals surface area contributed by atoms with Crippen LogP contribution in [-0.2, 0) is 16.8 Å². The summed E-state index contributed by atoms with van der Waals surface area (Å²) in [6, 6.07) is 2.23. The van der Waals surface area contributed by atoms with E-state index in [1.54, 1.807) is 0 Å². The molecule has 19 heavy (non-hydrogen) atoms. The number of hydrogen-bond acceptors (Lipinski definition) is 3. The molecule has 4 nitrogen and oxygen atoms in total. The monoisotopic (exact) mass is 393 g/mol. The van der Waals surface area contributed by atoms with E-state index in [1.807, 2.05) is 18.3 Å². The molecule has 2 aliphatic rings. The van der Waals surface area contributed by atoms with Crippen LogP contribution in [0.15, 0.2) is 6.07 Å². The number of carbonyl (C=O) groups is 1. The molecule has 0 bridgehead atoms. The topological polar surface area (TPSA) is 49.8 Å². The van der Waals surface area contributed by atoms with E-state index in [9.17, 15) is 9.90 Å². The van der Waals surface area contributed by atoms with Crippen LogP contribution < -0.4 is 0 Å². The molecule has 0 aliphatic carbocycles. The van der Waals surface area contributed by atoms with Crippen molar-refractivity contribution in [3.8, 4) is 0 Å². The predicted octanol–water partition coefficient (Wildman–Crippen LogP) is 3.28. The second-order valence-electron chi connectivity index (χ2n) is 5.26. The fourth-order valence-electron chi connectivity index (χ4n) is 3.26. The van der Waals surface area contributed by atoms with Gasteiger partial charge in [-0.1, -0.05) is 0 Å². The zero-order valence-electron chi connectivity index (χ0n) is 10.7. The molecule has 1 N–H and O–H groups in total. The van der Waals surface area contributed by atoms with Crippen molar-refractivity contribution in [2.24, 2.45) is 0 Å². The second-order valence-corrected chi connectivity index (χ2v) is 8.29. The maximum atomic E-state index is 11.2. The van der Waals surface area contributed by atoms with Gasteiger partial charge in [0.05, 0.1) is 15.1 Å². The average Bonchev–Trinajstić information content (AvgIpc) is 2.71. The molecule has 104 valence electrons. The maximum Gasteiger partial charge on any atom is 0.407 e. The van der Waals surface area contributed by atoms with Gasteiger partial charge in [-0.15, -0.1) is 11.3 Å². The fraction of sp³-hybridized carbons (Fsp3) is 0.615. The summed E-state index contributed by atoms with van der Waals surface area (Å²) < 4.78 is 7.42. The summed E-state index contributed by atoms with van der Waals surface area (Å²) in [5.74, 6) is 0. The van der Waals surface area contributed by atoms with Gasteiger partial charge in [-0.25, -0.2) is 4.79 Å². The highest BCUT2D eigenvalue weighted by Crippen LogP contribution is 2.46. The molecule has 2 aliphatic heterocycles. The first-order valence-corrected chi connectivity index (χ1v) is 8.33. The minimum Gasteiger partial charge on any atom is -0.465 e. The van der Waals surface area contributed by atoms with Crippen molar-refractivity contribution >= 4 is 40.0 Å². The SMILES string of the molecule is C[C@H]1CC2(CCN1C(=O)O)OCCc1sc(I)cc12. The summed E-state index contributed by atoms with van der Waals surface area (Å²) in [5, 5.41) is 9.18. The molecule has 2 atom stereocenters. The van der Waals surface area contributed by atoms with E-state index in [4.69, 9.17) is 4.74 Å². The summed E-state index contributed by atoms with van der Waals surface area (Å²) in [7, 11) is 0. The van der Waals surface area contributed by atoms with Crippen molar-refractivity contribution in [2.45, 2.75) is 37.8 Å². The van der Waals surface area contributed by atoms with Gasteiger partial charge in [-0.3, -0.25) is 0 Å². The lowest BCUT2D eigenvalue weighted by Gasteiger charge is -2.46. The standard InChI is InChI=1S/C13H16INO3S/c1-8-7-13(3-4-15(8)12(16)17)9-6-11(14)19-10(9)2-5-18-13/h6,8H,2-5,7H2,1H3,(H,16,17)/t8-,13?/m0/s1. The first kappa shape index (κ1) is 13.6. The van der Waals surface area contributed by atoms with Gasteiger partial charge in [0.15, 0.2) is 0 Å². The highest BCUT2D eigenvalue weighted by atomic mass is 127. The minimum absolute atomic E-state index is 0.00904. The molecule has 3 heterocycles. The van der Waals surface area contributed by atoms with Gasteiger partial charge in [0, 0.05) is 30.3 Å². The van der Waals surface area contributed by atoms with Gasteiger partial charge >= 0.3 is 6.09 Å². The number of likely N-dealkylation sites (tertiary alicyclic amines) is 1. The fourth-order valence-corrected chi connectivity index (χ4v) is 5.32. The molecule has 1 saturated heterocycles. The number of thiophene rings is 1. The molecular weight excluding hydrogens is 377 g/mol. The van der Waals surface area contributed by atoms with Gasteiger partial charge in [0.2, 0.25) is 0 Å². The Morgan fingerprint density at radius 3 is 3.16 bits per heavy atom. The molecule has 0 radical (unpaired) electrons. The van der Waals surface area contributed by atoms with E-state index in [1.165, 1.54) is 18.2 Å². The molecule has 6 heteroatoms. The maximum absolute atomic E-state index is 11.2. The van der Waals surface area contributed by atoms with Crippen molar-refractivity contribution in [3.05, 3.63) is 19.4 Å². The molecule has 1 aromatic heterocycles. The van der Waals surface area contributed by atoms with Crippen LogP contribution in [0.25, 0.3) is 0 Å². The minimum atomic E-state index is -0.821. The molecule has 1 aromatic rings. The van der Waals surface area contributed by atoms with Crippen LogP contribution in [0, 0.1) is 2.88 Å². The van der Waals surface area contributed by atoms with Crippen molar-refractivity contribution in [1.29, 1.82) is 0 Å². The lowest BCUT2D eigenvalue weighted by molar-refractivity contribution is -0.106. The van der Waals surface area contributed by atoms with Crippen LogP contribution in [-0.4, -0.2) is 35.3 Å². The molecule has 1 spiro atoms. The summed E-state index contributed by atoms with van der Waals surface area (Å²) in [4.78, 5) is 14.1. The Bertz CT molecular complexity index is 518. The number of nitrogens with zero attached hydrogens (tertiary/aromatic N) is 1. The van der Waals surface area contributed by atoms with Crippen LogP contribution in [0.1, 0.15) is 30.2 Å². The molecule has 1 unspecified atom stereocenters. The van der Waals surface area contributed by atoms with Crippen LogP contribution >= 0.6 is 33.9 Å². The highest BCUT2D eigenvalue weighted by molar-refractivity contribution is 14.1. The van der Waals surface area contributed by atoms with E-state index in [0.29, 0.717) is 6.54 Å². The van der Waals surface area contributed by atoms with E-state index >= 15 is 0 Å². The highest BCUT2D eigenvalue weighted by Gasteiger charge is 2.45. The number of fused-ring (bicyclic) bond motifs is 2. The number of amides is 1. The number of ether oxygens (including phenoxy) is 1. The van der Waals surface area contributed by atoms with Crippen LogP contribution in [0.4, 0.5) is 4.79 Å². The predicted molar refractivity (Wildman–Crippen MR) is 81.8 cm³/mol. The number of carboxylic acid groups (broad SMARTS) is 1. The number of hydrogen-bond donors (Lipinski definition) is 1. The Kier molecular flexibility index (Phi) is 3.51. The van der Waals surface area contributed by atoms with E-state index < -0.39 is 6.09 Å². The van der Waals surface area contributed by atoms with Gasteiger partial charge in [0.25, 0.3) is 0 Å². The molecule has 1 amide bonds. The third-order valence-corrected chi connectivity index (χ3v) is 6.09. The Labute approximate surface area is 129 Å². The summed E-state index contributed by atoms with van der Waals surface area (Å²) >= 11 is 4.20. The van der Waals surface area contributed by atoms with E-state index in [2.05, 4.69) is 28.7 Å². The Morgan fingerprint density at radius 2 is 2.47 bits per heavy atom. The van der Waals surface area contributed by atoms with Gasteiger partial charge in [0.1, 0.15) is 0 Å². The smallest absolute Gasteiger partial charge is 0.407 e. The van der Waals surface area contributed by atoms with Gasteiger partial charge in [-0.2, -0.15) is 0 Å². The molecule has 0 saturated carbocycles. The lowest BCUT2D eigenvalue weighted by Crippen LogP contribution is -2.52. The van der Waals surface area contributed by atoms with Crippen molar-refractivity contribution in [3.63, 3.8) is 0 Å². The Hall–Kier alpha value is -0.340. The average molecular weight is 393 g/mol. The first-order chi connectivity index (χ1) is 9.02. The van der Waals surface area contributed by atoms with Crippen molar-refractivity contribution in [2.75, 3.05) is 13.2 Å². The van der Waals surface area contributed by atoms with Gasteiger partial charge < -0.3 is 14.7 Å². The number of rotatable bonds is 0. The second kappa shape index (κ2) is 4.89. The van der Waals surface area contributed by atoms with Crippen molar-refractivity contribution in [1.82, 2.24) is 4.90 Å². The van der Waals surface area contributed by atoms with Crippen LogP contribution in [0.2, 0.25) is 0 Å². The normalized spacial score (nSPS) is 30.4. The van der Waals surface area contributed by atoms with Crippen LogP contribution in [0.3, 0.4) is 0 Å². The Balaban J connectivity index is 1.92. The van der Waals surface area contributed by atoms with Gasteiger partial charge in [-0.05, 0) is 47.6 Å². The van der Waals surface area contributed by atoms with Crippen molar-refractivity contribution < 1.29 is 14.6 Å².